The van der Waals surface area contributed by atoms with Gasteiger partial charge in [-0.3, -0.25) is 0 Å². The fourth-order valence-corrected chi connectivity index (χ4v) is 2.90. The van der Waals surface area contributed by atoms with E-state index < -0.39 is 0 Å². The van der Waals surface area contributed by atoms with Crippen molar-refractivity contribution in [2.24, 2.45) is 0 Å². The summed E-state index contributed by atoms with van der Waals surface area (Å²) in [6, 6.07) is 21.9. The van der Waals surface area contributed by atoms with Gasteiger partial charge in [0.2, 0.25) is 0 Å². The van der Waals surface area contributed by atoms with Gasteiger partial charge in [-0.2, -0.15) is 0 Å². The van der Waals surface area contributed by atoms with Crippen LogP contribution in [0.3, 0.4) is 0 Å². The second kappa shape index (κ2) is 8.63. The summed E-state index contributed by atoms with van der Waals surface area (Å²) < 4.78 is 11.4. The van der Waals surface area contributed by atoms with Crippen LogP contribution < -0.4 is 14.8 Å². The Morgan fingerprint density at radius 1 is 0.885 bits per heavy atom. The molecule has 0 fully saturated rings. The molecule has 0 saturated heterocycles. The third-order valence-corrected chi connectivity index (χ3v) is 4.26. The first-order valence-corrected chi connectivity index (χ1v) is 8.86. The van der Waals surface area contributed by atoms with E-state index in [1.807, 2.05) is 48.5 Å². The van der Waals surface area contributed by atoms with E-state index in [9.17, 15) is 0 Å². The van der Waals surface area contributed by atoms with E-state index in [4.69, 9.17) is 21.1 Å². The van der Waals surface area contributed by atoms with Gasteiger partial charge in [-0.05, 0) is 60.0 Å². The summed E-state index contributed by atoms with van der Waals surface area (Å²) in [6.45, 7) is 3.24. The lowest BCUT2D eigenvalue weighted by atomic mass is 10.1. The third-order valence-electron chi connectivity index (χ3n) is 4.03. The average molecular weight is 368 g/mol. The van der Waals surface area contributed by atoms with E-state index >= 15 is 0 Å². The standard InChI is InChI=1S/C22H22ClNO2/c1-16-5-3-8-20(11-16)24-14-17-9-10-21(22(13-17)25-2)26-15-18-6-4-7-19(23)12-18/h3-13,24H,14-15H2,1-2H3. The van der Waals surface area contributed by atoms with Crippen LogP contribution in [0.4, 0.5) is 5.69 Å². The van der Waals surface area contributed by atoms with Gasteiger partial charge in [0.05, 0.1) is 7.11 Å². The molecule has 3 aromatic carbocycles. The second-order valence-corrected chi connectivity index (χ2v) is 6.56. The molecule has 26 heavy (non-hydrogen) atoms. The SMILES string of the molecule is COc1cc(CNc2cccc(C)c2)ccc1OCc1cccc(Cl)c1. The zero-order chi connectivity index (χ0) is 18.4. The molecule has 0 unspecified atom stereocenters. The predicted octanol–water partition coefficient (Wildman–Crippen LogP) is 5.85. The zero-order valence-electron chi connectivity index (χ0n) is 15.0. The molecule has 0 aliphatic heterocycles. The highest BCUT2D eigenvalue weighted by atomic mass is 35.5. The maximum atomic E-state index is 6.01. The Kier molecular flexibility index (Phi) is 6.03. The van der Waals surface area contributed by atoms with Crippen LogP contribution in [0.25, 0.3) is 0 Å². The van der Waals surface area contributed by atoms with Gasteiger partial charge in [0.15, 0.2) is 11.5 Å². The molecule has 3 rings (SSSR count). The van der Waals surface area contributed by atoms with Gasteiger partial charge in [-0.1, -0.05) is 41.9 Å². The molecule has 3 aromatic rings. The Labute approximate surface area is 159 Å². The molecule has 1 N–H and O–H groups in total. The Morgan fingerprint density at radius 3 is 2.50 bits per heavy atom. The highest BCUT2D eigenvalue weighted by Crippen LogP contribution is 2.29. The van der Waals surface area contributed by atoms with Crippen molar-refractivity contribution in [3.8, 4) is 11.5 Å². The molecule has 0 aromatic heterocycles. The molecule has 4 heteroatoms. The number of ether oxygens (including phenoxy) is 2. The molecular weight excluding hydrogens is 346 g/mol. The Balaban J connectivity index is 1.65. The summed E-state index contributed by atoms with van der Waals surface area (Å²) in [6.07, 6.45) is 0. The smallest absolute Gasteiger partial charge is 0.161 e. The molecule has 3 nitrogen and oxygen atoms in total. The van der Waals surface area contributed by atoms with Crippen LogP contribution in [0.15, 0.2) is 66.7 Å². The minimum Gasteiger partial charge on any atom is -0.493 e. The summed E-state index contributed by atoms with van der Waals surface area (Å²) in [5.74, 6) is 1.43. The molecule has 0 atom stereocenters. The van der Waals surface area contributed by atoms with E-state index in [-0.39, 0.29) is 0 Å². The van der Waals surface area contributed by atoms with E-state index in [0.717, 1.165) is 22.6 Å². The highest BCUT2D eigenvalue weighted by molar-refractivity contribution is 6.30. The largest absolute Gasteiger partial charge is 0.493 e. The molecule has 0 radical (unpaired) electrons. The fourth-order valence-electron chi connectivity index (χ4n) is 2.69. The van der Waals surface area contributed by atoms with Gasteiger partial charge in [-0.15, -0.1) is 0 Å². The van der Waals surface area contributed by atoms with Crippen molar-refractivity contribution in [3.63, 3.8) is 0 Å². The number of aryl methyl sites for hydroxylation is 1. The topological polar surface area (TPSA) is 30.5 Å². The van der Waals surface area contributed by atoms with Gasteiger partial charge >= 0.3 is 0 Å². The lowest BCUT2D eigenvalue weighted by Gasteiger charge is -2.13. The summed E-state index contributed by atoms with van der Waals surface area (Å²) in [7, 11) is 1.65. The van der Waals surface area contributed by atoms with E-state index in [2.05, 4.69) is 30.4 Å². The van der Waals surface area contributed by atoms with Crippen molar-refractivity contribution in [1.82, 2.24) is 0 Å². The molecular formula is C22H22ClNO2. The van der Waals surface area contributed by atoms with Gasteiger partial charge < -0.3 is 14.8 Å². The van der Waals surface area contributed by atoms with Crippen LogP contribution in [0.5, 0.6) is 11.5 Å². The van der Waals surface area contributed by atoms with Crippen molar-refractivity contribution in [2.75, 3.05) is 12.4 Å². The predicted molar refractivity (Wildman–Crippen MR) is 107 cm³/mol. The number of hydrogen-bond acceptors (Lipinski definition) is 3. The van der Waals surface area contributed by atoms with Crippen molar-refractivity contribution in [1.29, 1.82) is 0 Å². The average Bonchev–Trinajstić information content (AvgIpc) is 2.65. The molecule has 0 heterocycles. The van der Waals surface area contributed by atoms with Crippen molar-refractivity contribution in [2.45, 2.75) is 20.1 Å². The molecule has 0 aliphatic carbocycles. The summed E-state index contributed by atoms with van der Waals surface area (Å²) in [4.78, 5) is 0. The quantitative estimate of drug-likeness (QED) is 0.568. The number of benzene rings is 3. The van der Waals surface area contributed by atoms with Crippen LogP contribution in [0, 0.1) is 6.92 Å². The lowest BCUT2D eigenvalue weighted by Crippen LogP contribution is -2.02. The van der Waals surface area contributed by atoms with Crippen LogP contribution in [-0.2, 0) is 13.2 Å². The first-order chi connectivity index (χ1) is 12.6. The van der Waals surface area contributed by atoms with Gasteiger partial charge in [-0.25, -0.2) is 0 Å². The maximum Gasteiger partial charge on any atom is 0.161 e. The Hall–Kier alpha value is -2.65. The van der Waals surface area contributed by atoms with Crippen LogP contribution in [-0.4, -0.2) is 7.11 Å². The Morgan fingerprint density at radius 2 is 1.73 bits per heavy atom. The first kappa shape index (κ1) is 18.2. The van der Waals surface area contributed by atoms with Crippen LogP contribution in [0.2, 0.25) is 5.02 Å². The van der Waals surface area contributed by atoms with Crippen LogP contribution in [0.1, 0.15) is 16.7 Å². The highest BCUT2D eigenvalue weighted by Gasteiger charge is 2.07. The van der Waals surface area contributed by atoms with Gasteiger partial charge in [0, 0.05) is 17.3 Å². The summed E-state index contributed by atoms with van der Waals surface area (Å²) >= 11 is 6.01. The van der Waals surface area contributed by atoms with Crippen molar-refractivity contribution in [3.05, 3.63) is 88.4 Å². The molecule has 0 bridgehead atoms. The number of rotatable bonds is 7. The number of halogens is 1. The molecule has 134 valence electrons. The lowest BCUT2D eigenvalue weighted by molar-refractivity contribution is 0.284. The van der Waals surface area contributed by atoms with E-state index in [1.165, 1.54) is 5.56 Å². The first-order valence-electron chi connectivity index (χ1n) is 8.49. The minimum absolute atomic E-state index is 0.442. The Bertz CT molecular complexity index is 880. The van der Waals surface area contributed by atoms with E-state index in [0.29, 0.717) is 23.9 Å². The molecule has 0 spiro atoms. The van der Waals surface area contributed by atoms with Gasteiger partial charge in [0.25, 0.3) is 0 Å². The molecule has 0 saturated carbocycles. The monoisotopic (exact) mass is 367 g/mol. The number of nitrogens with one attached hydrogen (secondary N) is 1. The number of anilines is 1. The van der Waals surface area contributed by atoms with Crippen molar-refractivity contribution >= 4 is 17.3 Å². The third kappa shape index (κ3) is 4.93. The second-order valence-electron chi connectivity index (χ2n) is 6.13. The normalized spacial score (nSPS) is 10.4. The minimum atomic E-state index is 0.442. The fraction of sp³-hybridized carbons (Fsp3) is 0.182. The summed E-state index contributed by atoms with van der Waals surface area (Å²) in [5, 5.41) is 4.13. The van der Waals surface area contributed by atoms with Gasteiger partial charge in [0.1, 0.15) is 6.61 Å². The zero-order valence-corrected chi connectivity index (χ0v) is 15.7. The van der Waals surface area contributed by atoms with Crippen molar-refractivity contribution < 1.29 is 9.47 Å². The summed E-state index contributed by atoms with van der Waals surface area (Å²) in [5.41, 5.74) is 4.48. The maximum absolute atomic E-state index is 6.01. The number of methoxy groups -OCH3 is 1. The van der Waals surface area contributed by atoms with E-state index in [1.54, 1.807) is 7.11 Å². The molecule has 0 aliphatic rings. The molecule has 0 amide bonds. The number of hydrogen-bond donors (Lipinski definition) is 1. The van der Waals surface area contributed by atoms with Crippen LogP contribution >= 0.6 is 11.6 Å².